The number of hydrogen-bond acceptors (Lipinski definition) is 3. The number of hydrogen-bond donors (Lipinski definition) is 2. The topological polar surface area (TPSA) is 49.7 Å². The minimum Gasteiger partial charge on any atom is -0.508 e. The second-order valence-corrected chi connectivity index (χ2v) is 5.13. The smallest absolute Gasteiger partial charge is 0.165 e. The molecule has 4 rings (SSSR count). The summed E-state index contributed by atoms with van der Waals surface area (Å²) in [4.78, 5) is 0. The molecule has 96 valence electrons. The number of ether oxygens (including phenoxy) is 1. The normalized spacial score (nSPS) is 17.5. The molecule has 1 aliphatic carbocycles. The molecule has 0 radical (unpaired) electrons. The lowest BCUT2D eigenvalue weighted by Crippen LogP contribution is -2.21. The summed E-state index contributed by atoms with van der Waals surface area (Å²) in [5.41, 5.74) is 1.84. The number of halogens is 1. The Morgan fingerprint density at radius 2 is 1.84 bits per heavy atom. The molecule has 2 aromatic rings. The van der Waals surface area contributed by atoms with E-state index in [2.05, 4.69) is 0 Å². The standard InChI is InChI=1S/C15H11FO3/c16-12-6-10-9-2-1-8(17)5-14(9)19-15(3-4-15)11(10)7-13(12)18/h1-2,5-7,17-18H,3-4H2. The number of aromatic hydroxyl groups is 2. The van der Waals surface area contributed by atoms with Crippen molar-refractivity contribution in [3.05, 3.63) is 41.7 Å². The van der Waals surface area contributed by atoms with Crippen molar-refractivity contribution in [2.75, 3.05) is 0 Å². The Labute approximate surface area is 108 Å². The van der Waals surface area contributed by atoms with E-state index in [9.17, 15) is 14.6 Å². The average molecular weight is 258 g/mol. The van der Waals surface area contributed by atoms with Crippen LogP contribution in [-0.2, 0) is 5.60 Å². The van der Waals surface area contributed by atoms with Crippen LogP contribution in [0.15, 0.2) is 30.3 Å². The lowest BCUT2D eigenvalue weighted by molar-refractivity contribution is 0.176. The van der Waals surface area contributed by atoms with Crippen LogP contribution in [0.25, 0.3) is 11.1 Å². The van der Waals surface area contributed by atoms with Crippen LogP contribution in [-0.4, -0.2) is 10.2 Å². The number of phenols is 2. The van der Waals surface area contributed by atoms with Gasteiger partial charge in [0, 0.05) is 17.2 Å². The molecule has 0 bridgehead atoms. The van der Waals surface area contributed by atoms with Gasteiger partial charge < -0.3 is 14.9 Å². The lowest BCUT2D eigenvalue weighted by Gasteiger charge is -2.29. The molecular weight excluding hydrogens is 247 g/mol. The highest BCUT2D eigenvalue weighted by Gasteiger charge is 2.51. The fourth-order valence-electron chi connectivity index (χ4n) is 2.73. The van der Waals surface area contributed by atoms with Gasteiger partial charge in [-0.05, 0) is 42.7 Å². The average Bonchev–Trinajstić information content (AvgIpc) is 3.12. The first-order chi connectivity index (χ1) is 9.09. The molecule has 2 aliphatic rings. The summed E-state index contributed by atoms with van der Waals surface area (Å²) in [6, 6.07) is 7.58. The molecule has 1 heterocycles. The van der Waals surface area contributed by atoms with Crippen LogP contribution in [0.5, 0.6) is 17.2 Å². The second kappa shape index (κ2) is 3.20. The van der Waals surface area contributed by atoms with Gasteiger partial charge in [-0.3, -0.25) is 0 Å². The maximum absolute atomic E-state index is 13.6. The first-order valence-electron chi connectivity index (χ1n) is 6.14. The maximum atomic E-state index is 13.6. The number of phenolic OH excluding ortho intramolecular Hbond substituents is 2. The largest absolute Gasteiger partial charge is 0.508 e. The zero-order valence-corrected chi connectivity index (χ0v) is 9.98. The predicted molar refractivity (Wildman–Crippen MR) is 66.7 cm³/mol. The van der Waals surface area contributed by atoms with Crippen LogP contribution in [0, 0.1) is 5.82 Å². The van der Waals surface area contributed by atoms with Gasteiger partial charge in [0.1, 0.15) is 17.1 Å². The minimum atomic E-state index is -0.643. The fourth-order valence-corrected chi connectivity index (χ4v) is 2.73. The van der Waals surface area contributed by atoms with E-state index < -0.39 is 11.4 Å². The Balaban J connectivity index is 2.04. The van der Waals surface area contributed by atoms with Gasteiger partial charge in [0.25, 0.3) is 0 Å². The highest BCUT2D eigenvalue weighted by Crippen LogP contribution is 2.58. The Kier molecular flexibility index (Phi) is 1.80. The molecule has 3 nitrogen and oxygen atoms in total. The van der Waals surface area contributed by atoms with E-state index in [1.165, 1.54) is 12.1 Å². The summed E-state index contributed by atoms with van der Waals surface area (Å²) in [6.07, 6.45) is 1.67. The van der Waals surface area contributed by atoms with E-state index in [4.69, 9.17) is 4.74 Å². The van der Waals surface area contributed by atoms with Crippen molar-refractivity contribution in [1.82, 2.24) is 0 Å². The number of fused-ring (bicyclic) bond motifs is 4. The first kappa shape index (κ1) is 10.7. The van der Waals surface area contributed by atoms with Gasteiger partial charge in [0.2, 0.25) is 0 Å². The molecule has 0 unspecified atom stereocenters. The zero-order chi connectivity index (χ0) is 13.2. The van der Waals surface area contributed by atoms with Crippen LogP contribution in [0.3, 0.4) is 0 Å². The van der Waals surface area contributed by atoms with Crippen LogP contribution in [0.2, 0.25) is 0 Å². The lowest BCUT2D eigenvalue weighted by atomic mass is 9.91. The van der Waals surface area contributed by atoms with Gasteiger partial charge in [-0.15, -0.1) is 0 Å². The molecule has 1 spiro atoms. The summed E-state index contributed by atoms with van der Waals surface area (Å²) in [5, 5.41) is 19.1. The zero-order valence-electron chi connectivity index (χ0n) is 9.98. The minimum absolute atomic E-state index is 0.122. The Bertz CT molecular complexity index is 705. The number of benzene rings is 2. The molecule has 1 fully saturated rings. The first-order valence-corrected chi connectivity index (χ1v) is 6.14. The van der Waals surface area contributed by atoms with Crippen molar-refractivity contribution in [3.8, 4) is 28.4 Å². The highest BCUT2D eigenvalue weighted by atomic mass is 19.1. The quantitative estimate of drug-likeness (QED) is 0.762. The molecule has 2 aromatic carbocycles. The summed E-state index contributed by atoms with van der Waals surface area (Å²) in [6.45, 7) is 0. The Morgan fingerprint density at radius 1 is 1.05 bits per heavy atom. The molecule has 4 heteroatoms. The van der Waals surface area contributed by atoms with Crippen molar-refractivity contribution in [2.24, 2.45) is 0 Å². The van der Waals surface area contributed by atoms with Gasteiger partial charge >= 0.3 is 0 Å². The van der Waals surface area contributed by atoms with Crippen molar-refractivity contribution >= 4 is 0 Å². The van der Waals surface area contributed by atoms with Gasteiger partial charge in [-0.25, -0.2) is 4.39 Å². The number of rotatable bonds is 0. The predicted octanol–water partition coefficient (Wildman–Crippen LogP) is 3.29. The Morgan fingerprint density at radius 3 is 2.58 bits per heavy atom. The molecule has 0 amide bonds. The maximum Gasteiger partial charge on any atom is 0.165 e. The molecule has 0 saturated heterocycles. The monoisotopic (exact) mass is 258 g/mol. The third-order valence-corrected chi connectivity index (χ3v) is 3.84. The van der Waals surface area contributed by atoms with Crippen molar-refractivity contribution < 1.29 is 19.3 Å². The van der Waals surface area contributed by atoms with E-state index in [-0.39, 0.29) is 11.5 Å². The van der Waals surface area contributed by atoms with Crippen LogP contribution in [0.4, 0.5) is 4.39 Å². The third kappa shape index (κ3) is 1.37. The molecule has 19 heavy (non-hydrogen) atoms. The molecule has 0 aromatic heterocycles. The third-order valence-electron chi connectivity index (χ3n) is 3.84. The second-order valence-electron chi connectivity index (χ2n) is 5.13. The SMILES string of the molecule is Oc1ccc2c(c1)OC1(CC1)c1cc(O)c(F)cc1-2. The van der Waals surface area contributed by atoms with Crippen LogP contribution >= 0.6 is 0 Å². The van der Waals surface area contributed by atoms with Crippen molar-refractivity contribution in [2.45, 2.75) is 18.4 Å². The Hall–Kier alpha value is -2.23. The van der Waals surface area contributed by atoms with Crippen LogP contribution in [0.1, 0.15) is 18.4 Å². The summed E-state index contributed by atoms with van der Waals surface area (Å²) in [5.74, 6) is -0.307. The molecule has 2 N–H and O–H groups in total. The summed E-state index contributed by atoms with van der Waals surface area (Å²) in [7, 11) is 0. The fraction of sp³-hybridized carbons (Fsp3) is 0.200. The van der Waals surface area contributed by atoms with Gasteiger partial charge in [-0.1, -0.05) is 0 Å². The summed E-state index contributed by atoms with van der Waals surface area (Å²) < 4.78 is 19.6. The van der Waals surface area contributed by atoms with Gasteiger partial charge in [-0.2, -0.15) is 0 Å². The van der Waals surface area contributed by atoms with Crippen molar-refractivity contribution in [1.29, 1.82) is 0 Å². The van der Waals surface area contributed by atoms with E-state index in [1.54, 1.807) is 18.2 Å². The van der Waals surface area contributed by atoms with Gasteiger partial charge in [0.15, 0.2) is 11.6 Å². The van der Waals surface area contributed by atoms with E-state index >= 15 is 0 Å². The highest BCUT2D eigenvalue weighted by molar-refractivity contribution is 5.78. The summed E-state index contributed by atoms with van der Waals surface area (Å²) >= 11 is 0. The molecule has 1 saturated carbocycles. The molecule has 1 aliphatic heterocycles. The van der Waals surface area contributed by atoms with E-state index in [0.717, 1.165) is 29.5 Å². The molecule has 0 atom stereocenters. The van der Waals surface area contributed by atoms with Crippen molar-refractivity contribution in [3.63, 3.8) is 0 Å². The van der Waals surface area contributed by atoms with E-state index in [1.807, 2.05) is 0 Å². The van der Waals surface area contributed by atoms with E-state index in [0.29, 0.717) is 5.75 Å². The molecular formula is C15H11FO3. The van der Waals surface area contributed by atoms with Crippen LogP contribution < -0.4 is 4.74 Å². The van der Waals surface area contributed by atoms with Gasteiger partial charge in [0.05, 0.1) is 0 Å².